The summed E-state index contributed by atoms with van der Waals surface area (Å²) in [6, 6.07) is 13.2. The smallest absolute Gasteiger partial charge is 0.239 e. The molecule has 2 aromatic rings. The van der Waals surface area contributed by atoms with Crippen LogP contribution in [0.2, 0.25) is 0 Å². The van der Waals surface area contributed by atoms with Crippen LogP contribution in [0.3, 0.4) is 0 Å². The Hall–Kier alpha value is -4.20. The van der Waals surface area contributed by atoms with E-state index in [-0.39, 0.29) is 0 Å². The van der Waals surface area contributed by atoms with Crippen molar-refractivity contribution in [3.05, 3.63) is 70.9 Å². The number of rotatable bonds is 6. The molecular weight excluding hydrogens is 436 g/mol. The van der Waals surface area contributed by atoms with Crippen molar-refractivity contribution in [2.24, 2.45) is 20.0 Å². The van der Waals surface area contributed by atoms with Gasteiger partial charge in [-0.3, -0.25) is 0 Å². The average molecular weight is 463 g/mol. The Morgan fingerprint density at radius 1 is 0.857 bits per heavy atom. The molecule has 8 nitrogen and oxygen atoms in total. The van der Waals surface area contributed by atoms with E-state index in [9.17, 15) is 0 Å². The van der Waals surface area contributed by atoms with E-state index in [2.05, 4.69) is 74.1 Å². The number of hydrogen-bond acceptors (Lipinski definition) is 8. The first-order valence-corrected chi connectivity index (χ1v) is 12.1. The lowest BCUT2D eigenvalue weighted by molar-refractivity contribution is 0.738. The second-order valence-electron chi connectivity index (χ2n) is 9.31. The van der Waals surface area contributed by atoms with E-state index < -0.39 is 0 Å². The Morgan fingerprint density at radius 2 is 1.66 bits per heavy atom. The number of aliphatic imine (C=N–C) groups is 4. The summed E-state index contributed by atoms with van der Waals surface area (Å²) < 4.78 is 0. The van der Waals surface area contributed by atoms with Crippen molar-refractivity contribution >= 4 is 46.7 Å². The monoisotopic (exact) mass is 462 g/mol. The van der Waals surface area contributed by atoms with Crippen LogP contribution in [-0.2, 0) is 0 Å². The van der Waals surface area contributed by atoms with Gasteiger partial charge in [-0.15, -0.1) is 0 Å². The van der Waals surface area contributed by atoms with Gasteiger partial charge >= 0.3 is 0 Å². The van der Waals surface area contributed by atoms with Crippen molar-refractivity contribution in [3.8, 4) is 0 Å². The van der Waals surface area contributed by atoms with E-state index in [0.717, 1.165) is 52.7 Å². The number of allylic oxidation sites excluding steroid dienone is 2. The van der Waals surface area contributed by atoms with E-state index in [1.54, 1.807) is 0 Å². The number of nitrogens with one attached hydrogen (secondary N) is 2. The maximum Gasteiger partial charge on any atom is 0.239 e. The van der Waals surface area contributed by atoms with Gasteiger partial charge in [0.2, 0.25) is 11.9 Å². The van der Waals surface area contributed by atoms with Crippen LogP contribution in [0.1, 0.15) is 35.4 Å². The van der Waals surface area contributed by atoms with E-state index in [1.165, 1.54) is 30.4 Å². The topological polar surface area (TPSA) is 79.8 Å². The zero-order chi connectivity index (χ0) is 23.5. The zero-order valence-electron chi connectivity index (χ0n) is 19.8. The van der Waals surface area contributed by atoms with Gasteiger partial charge < -0.3 is 15.5 Å². The molecule has 0 amide bonds. The maximum absolute atomic E-state index is 4.88. The van der Waals surface area contributed by atoms with Crippen molar-refractivity contribution in [1.29, 1.82) is 0 Å². The number of anilines is 3. The predicted molar refractivity (Wildman–Crippen MR) is 144 cm³/mol. The zero-order valence-corrected chi connectivity index (χ0v) is 19.8. The standard InChI is InChI=1S/C27H26N8/c1-28-22-11-17(16-3-4-16)5-7-20(22)24-13-19-14-25(33-27-31-15-30-26(32-24)35(19)27)21-8-6-18(34-9-10-34)12-23(21)29-2/h5-8,11-16,28-29H,3-4,9-10H2,1-2H3. The van der Waals surface area contributed by atoms with Crippen molar-refractivity contribution < 1.29 is 0 Å². The third kappa shape index (κ3) is 3.44. The van der Waals surface area contributed by atoms with Gasteiger partial charge in [0, 0.05) is 55.4 Å². The van der Waals surface area contributed by atoms with Crippen molar-refractivity contribution in [1.82, 2.24) is 4.90 Å². The Labute approximate surface area is 204 Å². The highest BCUT2D eigenvalue weighted by atomic mass is 15.4. The first kappa shape index (κ1) is 20.2. The molecule has 0 bridgehead atoms. The van der Waals surface area contributed by atoms with E-state index in [4.69, 9.17) is 9.98 Å². The van der Waals surface area contributed by atoms with Gasteiger partial charge in [0.05, 0.1) is 17.1 Å². The maximum atomic E-state index is 4.88. The van der Waals surface area contributed by atoms with Gasteiger partial charge in [0.25, 0.3) is 0 Å². The van der Waals surface area contributed by atoms with Crippen LogP contribution in [0.5, 0.6) is 0 Å². The molecule has 2 fully saturated rings. The predicted octanol–water partition coefficient (Wildman–Crippen LogP) is 4.26. The first-order valence-electron chi connectivity index (χ1n) is 12.1. The molecule has 1 saturated heterocycles. The van der Waals surface area contributed by atoms with Crippen molar-refractivity contribution in [3.63, 3.8) is 0 Å². The lowest BCUT2D eigenvalue weighted by atomic mass is 9.99. The van der Waals surface area contributed by atoms with Gasteiger partial charge in [0.1, 0.15) is 6.34 Å². The molecule has 1 saturated carbocycles. The summed E-state index contributed by atoms with van der Waals surface area (Å²) in [6.45, 7) is 2.23. The summed E-state index contributed by atoms with van der Waals surface area (Å²) in [6.07, 6.45) is 8.29. The van der Waals surface area contributed by atoms with Crippen LogP contribution < -0.4 is 15.5 Å². The van der Waals surface area contributed by atoms with Gasteiger partial charge in [0.15, 0.2) is 0 Å². The van der Waals surface area contributed by atoms with E-state index >= 15 is 0 Å². The molecule has 7 rings (SSSR count). The summed E-state index contributed by atoms with van der Waals surface area (Å²) in [5.74, 6) is 1.86. The molecule has 8 heteroatoms. The summed E-state index contributed by atoms with van der Waals surface area (Å²) in [4.78, 5) is 22.9. The van der Waals surface area contributed by atoms with Crippen molar-refractivity contribution in [2.75, 3.05) is 42.7 Å². The highest BCUT2D eigenvalue weighted by molar-refractivity contribution is 6.23. The SMILES string of the molecule is CNc1cc(N2CC2)ccc1C1=CC2=CC(c3ccc(C4CC4)cc3NC)=NC3=NC=NC(=N1)N23. The minimum atomic E-state index is 0.580. The fourth-order valence-corrected chi connectivity index (χ4v) is 4.86. The molecule has 35 heavy (non-hydrogen) atoms. The quantitative estimate of drug-likeness (QED) is 0.629. The average Bonchev–Trinajstić information content (AvgIpc) is 3.81. The Bertz CT molecular complexity index is 1370. The number of benzene rings is 2. The van der Waals surface area contributed by atoms with E-state index in [1.807, 2.05) is 19.0 Å². The molecule has 0 radical (unpaired) electrons. The normalized spacial score (nSPS) is 19.8. The molecule has 0 unspecified atom stereocenters. The summed E-state index contributed by atoms with van der Waals surface area (Å²) in [5, 5.41) is 6.72. The Balaban J connectivity index is 1.32. The van der Waals surface area contributed by atoms with Gasteiger partial charge in [-0.2, -0.15) is 0 Å². The highest BCUT2D eigenvalue weighted by Crippen LogP contribution is 2.42. The van der Waals surface area contributed by atoms with Gasteiger partial charge in [-0.25, -0.2) is 24.9 Å². The van der Waals surface area contributed by atoms with Gasteiger partial charge in [-0.05, 0) is 60.7 Å². The van der Waals surface area contributed by atoms with E-state index in [0.29, 0.717) is 17.8 Å². The summed E-state index contributed by atoms with van der Waals surface area (Å²) in [7, 11) is 3.92. The second kappa shape index (κ2) is 7.66. The molecule has 0 spiro atoms. The fraction of sp³-hybridized carbons (Fsp3) is 0.259. The fourth-order valence-electron chi connectivity index (χ4n) is 4.86. The lowest BCUT2D eigenvalue weighted by Gasteiger charge is -2.32. The molecule has 2 aromatic carbocycles. The lowest BCUT2D eigenvalue weighted by Crippen LogP contribution is -2.40. The number of guanidine groups is 2. The molecule has 4 heterocycles. The molecule has 0 aromatic heterocycles. The Morgan fingerprint density at radius 3 is 2.43 bits per heavy atom. The van der Waals surface area contributed by atoms with Crippen LogP contribution in [0.25, 0.3) is 5.70 Å². The van der Waals surface area contributed by atoms with Crippen LogP contribution >= 0.6 is 0 Å². The minimum absolute atomic E-state index is 0.580. The highest BCUT2D eigenvalue weighted by Gasteiger charge is 2.32. The van der Waals surface area contributed by atoms with Crippen LogP contribution in [0.4, 0.5) is 17.1 Å². The van der Waals surface area contributed by atoms with Crippen molar-refractivity contribution in [2.45, 2.75) is 18.8 Å². The number of hydrogen-bond donors (Lipinski definition) is 2. The van der Waals surface area contributed by atoms with Crippen LogP contribution in [-0.4, -0.2) is 56.1 Å². The third-order valence-corrected chi connectivity index (χ3v) is 7.01. The Kier molecular flexibility index (Phi) is 4.42. The van der Waals surface area contributed by atoms with Crippen LogP contribution in [0.15, 0.2) is 74.2 Å². The first-order chi connectivity index (χ1) is 17.2. The molecule has 2 N–H and O–H groups in total. The van der Waals surface area contributed by atoms with Gasteiger partial charge in [-0.1, -0.05) is 12.1 Å². The summed E-state index contributed by atoms with van der Waals surface area (Å²) in [5.41, 5.74) is 9.55. The molecule has 0 atom stereocenters. The molecule has 5 aliphatic rings. The third-order valence-electron chi connectivity index (χ3n) is 7.01. The molecule has 1 aliphatic carbocycles. The molecule has 174 valence electrons. The second-order valence-corrected chi connectivity index (χ2v) is 9.31. The minimum Gasteiger partial charge on any atom is -0.388 e. The largest absolute Gasteiger partial charge is 0.388 e. The number of nitrogens with zero attached hydrogens (tertiary/aromatic N) is 6. The van der Waals surface area contributed by atoms with Crippen LogP contribution in [0, 0.1) is 0 Å². The molecular formula is C27H26N8. The summed E-state index contributed by atoms with van der Waals surface area (Å²) >= 11 is 0. The molecule has 4 aliphatic heterocycles.